The molecule has 0 spiro atoms. The summed E-state index contributed by atoms with van der Waals surface area (Å²) < 4.78 is 0. The lowest BCUT2D eigenvalue weighted by Crippen LogP contribution is -2.36. The van der Waals surface area contributed by atoms with E-state index in [1.807, 2.05) is 6.07 Å². The number of nitrogens with one attached hydrogen (secondary N) is 1. The first-order valence-corrected chi connectivity index (χ1v) is 6.30. The molecule has 1 saturated heterocycles. The Morgan fingerprint density at radius 2 is 2.17 bits per heavy atom. The van der Waals surface area contributed by atoms with Crippen LogP contribution in [-0.4, -0.2) is 35.7 Å². The van der Waals surface area contributed by atoms with Gasteiger partial charge in [0, 0.05) is 19.6 Å². The van der Waals surface area contributed by atoms with Gasteiger partial charge < -0.3 is 10.4 Å². The van der Waals surface area contributed by atoms with Crippen molar-refractivity contribution in [2.75, 3.05) is 19.6 Å². The van der Waals surface area contributed by atoms with Crippen molar-refractivity contribution in [3.63, 3.8) is 0 Å². The maximum absolute atomic E-state index is 10.5. The fourth-order valence-corrected chi connectivity index (χ4v) is 2.54. The molecule has 1 heterocycles. The number of hydrogen-bond donors (Lipinski definition) is 2. The molecule has 0 saturated carbocycles. The van der Waals surface area contributed by atoms with E-state index in [1.165, 1.54) is 5.56 Å². The van der Waals surface area contributed by atoms with Crippen molar-refractivity contribution in [1.82, 2.24) is 10.2 Å². The molecule has 4 heteroatoms. The molecule has 1 atom stereocenters. The first-order valence-electron chi connectivity index (χ1n) is 6.30. The number of carbonyl (C=O) groups is 1. The van der Waals surface area contributed by atoms with Gasteiger partial charge in [-0.1, -0.05) is 37.3 Å². The Morgan fingerprint density at radius 1 is 1.44 bits per heavy atom. The van der Waals surface area contributed by atoms with E-state index < -0.39 is 6.09 Å². The minimum absolute atomic E-state index is 0.0627. The van der Waals surface area contributed by atoms with E-state index in [1.54, 1.807) is 0 Å². The van der Waals surface area contributed by atoms with Gasteiger partial charge in [-0.15, -0.1) is 0 Å². The maximum Gasteiger partial charge on any atom is 0.404 e. The molecule has 1 aromatic carbocycles. The van der Waals surface area contributed by atoms with Crippen LogP contribution in [0.15, 0.2) is 30.3 Å². The minimum Gasteiger partial charge on any atom is -0.465 e. The fourth-order valence-electron chi connectivity index (χ4n) is 2.54. The zero-order valence-electron chi connectivity index (χ0n) is 10.7. The summed E-state index contributed by atoms with van der Waals surface area (Å²) in [5.41, 5.74) is 1.38. The van der Waals surface area contributed by atoms with Gasteiger partial charge in [0.1, 0.15) is 0 Å². The molecule has 2 N–H and O–H groups in total. The standard InChI is InChI=1S/C14H20N2O2/c1-14(10-15-13(17)18)7-8-16(11-14)9-12-5-3-2-4-6-12/h2-6,15H,7-11H2,1H3,(H,17,18). The summed E-state index contributed by atoms with van der Waals surface area (Å²) in [6.45, 7) is 5.61. The van der Waals surface area contributed by atoms with Crippen LogP contribution in [0.25, 0.3) is 0 Å². The van der Waals surface area contributed by atoms with Crippen LogP contribution in [0.2, 0.25) is 0 Å². The average molecular weight is 248 g/mol. The Labute approximate surface area is 108 Å². The summed E-state index contributed by atoms with van der Waals surface area (Å²) in [5, 5.41) is 11.2. The van der Waals surface area contributed by atoms with Crippen LogP contribution in [0.1, 0.15) is 18.9 Å². The van der Waals surface area contributed by atoms with Crippen molar-refractivity contribution in [2.45, 2.75) is 19.9 Å². The third kappa shape index (κ3) is 3.47. The van der Waals surface area contributed by atoms with Crippen molar-refractivity contribution in [2.24, 2.45) is 5.41 Å². The molecule has 0 aliphatic carbocycles. The van der Waals surface area contributed by atoms with Gasteiger partial charge in [-0.25, -0.2) is 4.79 Å². The molecule has 2 rings (SSSR count). The van der Waals surface area contributed by atoms with Gasteiger partial charge in [0.05, 0.1) is 0 Å². The van der Waals surface area contributed by atoms with Crippen LogP contribution in [-0.2, 0) is 6.54 Å². The normalized spacial score (nSPS) is 24.1. The van der Waals surface area contributed by atoms with Gasteiger partial charge in [-0.2, -0.15) is 0 Å². The average Bonchev–Trinajstić information content (AvgIpc) is 2.71. The van der Waals surface area contributed by atoms with Crippen molar-refractivity contribution in [1.29, 1.82) is 0 Å². The first kappa shape index (κ1) is 12.9. The van der Waals surface area contributed by atoms with Gasteiger partial charge in [-0.3, -0.25) is 4.90 Å². The highest BCUT2D eigenvalue weighted by atomic mass is 16.4. The van der Waals surface area contributed by atoms with E-state index in [-0.39, 0.29) is 5.41 Å². The van der Waals surface area contributed by atoms with Gasteiger partial charge in [0.2, 0.25) is 0 Å². The Kier molecular flexibility index (Phi) is 3.87. The van der Waals surface area contributed by atoms with Gasteiger partial charge in [0.15, 0.2) is 0 Å². The van der Waals surface area contributed by atoms with Crippen LogP contribution >= 0.6 is 0 Å². The Bertz CT molecular complexity index is 408. The summed E-state index contributed by atoms with van der Waals surface area (Å²) >= 11 is 0. The second-order valence-corrected chi connectivity index (χ2v) is 5.42. The van der Waals surface area contributed by atoms with Crippen molar-refractivity contribution >= 4 is 6.09 Å². The lowest BCUT2D eigenvalue weighted by molar-refractivity contribution is 0.185. The fraction of sp³-hybridized carbons (Fsp3) is 0.500. The summed E-state index contributed by atoms with van der Waals surface area (Å²) in [5.74, 6) is 0. The molecule has 1 aliphatic rings. The number of benzene rings is 1. The van der Waals surface area contributed by atoms with Gasteiger partial charge >= 0.3 is 6.09 Å². The Morgan fingerprint density at radius 3 is 2.83 bits per heavy atom. The van der Waals surface area contributed by atoms with Crippen LogP contribution in [0.4, 0.5) is 4.79 Å². The molecule has 18 heavy (non-hydrogen) atoms. The van der Waals surface area contributed by atoms with Crippen LogP contribution < -0.4 is 5.32 Å². The van der Waals surface area contributed by atoms with E-state index in [0.717, 1.165) is 26.1 Å². The first-order chi connectivity index (χ1) is 8.57. The second-order valence-electron chi connectivity index (χ2n) is 5.42. The van der Waals surface area contributed by atoms with Crippen molar-refractivity contribution in [3.05, 3.63) is 35.9 Å². The molecule has 4 nitrogen and oxygen atoms in total. The maximum atomic E-state index is 10.5. The highest BCUT2D eigenvalue weighted by Crippen LogP contribution is 2.30. The predicted octanol–water partition coefficient (Wildman–Crippen LogP) is 2.17. The summed E-state index contributed by atoms with van der Waals surface area (Å²) in [6, 6.07) is 10.4. The molecule has 1 unspecified atom stereocenters. The predicted molar refractivity (Wildman–Crippen MR) is 70.5 cm³/mol. The largest absolute Gasteiger partial charge is 0.465 e. The lowest BCUT2D eigenvalue weighted by Gasteiger charge is -2.24. The summed E-state index contributed by atoms with van der Waals surface area (Å²) in [6.07, 6.45) is 0.109. The highest BCUT2D eigenvalue weighted by molar-refractivity contribution is 5.64. The topological polar surface area (TPSA) is 52.6 Å². The number of nitrogens with zero attached hydrogens (tertiary/aromatic N) is 1. The quantitative estimate of drug-likeness (QED) is 0.858. The molecule has 0 aromatic heterocycles. The summed E-state index contributed by atoms with van der Waals surface area (Å²) in [7, 11) is 0. The van der Waals surface area contributed by atoms with E-state index in [4.69, 9.17) is 5.11 Å². The molecular formula is C14H20N2O2. The monoisotopic (exact) mass is 248 g/mol. The van der Waals surface area contributed by atoms with Crippen molar-refractivity contribution in [3.8, 4) is 0 Å². The smallest absolute Gasteiger partial charge is 0.404 e. The number of amides is 1. The van der Waals surface area contributed by atoms with E-state index >= 15 is 0 Å². The SMILES string of the molecule is CC1(CNC(=O)O)CCN(Cc2ccccc2)C1. The van der Waals surface area contributed by atoms with E-state index in [2.05, 4.69) is 41.4 Å². The molecule has 0 bridgehead atoms. The van der Waals surface area contributed by atoms with Gasteiger partial charge in [0.25, 0.3) is 0 Å². The van der Waals surface area contributed by atoms with Gasteiger partial charge in [-0.05, 0) is 23.9 Å². The zero-order valence-corrected chi connectivity index (χ0v) is 10.7. The van der Waals surface area contributed by atoms with Crippen LogP contribution in [0.3, 0.4) is 0 Å². The van der Waals surface area contributed by atoms with Crippen molar-refractivity contribution < 1.29 is 9.90 Å². The van der Waals surface area contributed by atoms with E-state index in [0.29, 0.717) is 6.54 Å². The molecule has 0 radical (unpaired) electrons. The van der Waals surface area contributed by atoms with E-state index in [9.17, 15) is 4.79 Å². The number of rotatable bonds is 4. The molecule has 1 amide bonds. The molecular weight excluding hydrogens is 228 g/mol. The molecule has 1 aromatic rings. The van der Waals surface area contributed by atoms with Crippen LogP contribution in [0, 0.1) is 5.41 Å². The zero-order chi connectivity index (χ0) is 13.0. The molecule has 1 aliphatic heterocycles. The number of hydrogen-bond acceptors (Lipinski definition) is 2. The number of likely N-dealkylation sites (tertiary alicyclic amines) is 1. The van der Waals surface area contributed by atoms with Crippen LogP contribution in [0.5, 0.6) is 0 Å². The lowest BCUT2D eigenvalue weighted by atomic mass is 9.90. The molecule has 98 valence electrons. The minimum atomic E-state index is -0.933. The Balaban J connectivity index is 1.86. The molecule has 1 fully saturated rings. The third-order valence-corrected chi connectivity index (χ3v) is 3.55. The second kappa shape index (κ2) is 5.40. The number of carboxylic acid groups (broad SMARTS) is 1. The Hall–Kier alpha value is -1.55. The third-order valence-electron chi connectivity index (χ3n) is 3.55. The highest BCUT2D eigenvalue weighted by Gasteiger charge is 2.33. The summed E-state index contributed by atoms with van der Waals surface area (Å²) in [4.78, 5) is 12.9.